The molecule has 2 aromatic rings. The van der Waals surface area contributed by atoms with Crippen molar-refractivity contribution in [2.24, 2.45) is 0 Å². The van der Waals surface area contributed by atoms with Gasteiger partial charge in [-0.05, 0) is 36.6 Å². The maximum Gasteiger partial charge on any atom is 0.0673 e. The summed E-state index contributed by atoms with van der Waals surface area (Å²) in [4.78, 5) is 0. The zero-order valence-electron chi connectivity index (χ0n) is 12.4. The molecule has 0 saturated carbocycles. The van der Waals surface area contributed by atoms with E-state index in [0.29, 0.717) is 6.54 Å². The summed E-state index contributed by atoms with van der Waals surface area (Å²) in [5.41, 5.74) is 2.35. The predicted octanol–water partition coefficient (Wildman–Crippen LogP) is 2.75. The van der Waals surface area contributed by atoms with E-state index in [1.54, 1.807) is 7.11 Å². The van der Waals surface area contributed by atoms with E-state index in [4.69, 9.17) is 16.3 Å². The van der Waals surface area contributed by atoms with Crippen molar-refractivity contribution in [2.75, 3.05) is 26.8 Å². The number of halogens is 1. The number of hydrogen-bond acceptors (Lipinski definition) is 3. The molecule has 0 spiro atoms. The number of nitrogens with zero attached hydrogens (tertiary/aromatic N) is 2. The SMILES string of the molecule is COCCNCCCc1cnn(Cc2ccccc2Cl)c1. The van der Waals surface area contributed by atoms with Crippen molar-refractivity contribution in [1.29, 1.82) is 0 Å². The molecule has 0 aliphatic carbocycles. The van der Waals surface area contributed by atoms with Crippen molar-refractivity contribution in [3.05, 3.63) is 52.8 Å². The van der Waals surface area contributed by atoms with Crippen LogP contribution in [0, 0.1) is 0 Å². The Morgan fingerprint density at radius 1 is 1.29 bits per heavy atom. The standard InChI is InChI=1S/C16H22ClN3O/c1-21-10-9-18-8-4-5-14-11-19-20(12-14)13-15-6-2-3-7-16(15)17/h2-3,6-7,11-12,18H,4-5,8-10,13H2,1H3. The van der Waals surface area contributed by atoms with Crippen LogP contribution in [0.4, 0.5) is 0 Å². The van der Waals surface area contributed by atoms with Crippen molar-refractivity contribution in [2.45, 2.75) is 19.4 Å². The van der Waals surface area contributed by atoms with Gasteiger partial charge in [0.1, 0.15) is 0 Å². The Balaban J connectivity index is 1.75. The predicted molar refractivity (Wildman–Crippen MR) is 85.8 cm³/mol. The summed E-state index contributed by atoms with van der Waals surface area (Å²) in [5.74, 6) is 0. The Labute approximate surface area is 131 Å². The van der Waals surface area contributed by atoms with E-state index in [1.165, 1.54) is 5.56 Å². The van der Waals surface area contributed by atoms with E-state index in [9.17, 15) is 0 Å². The van der Waals surface area contributed by atoms with E-state index in [2.05, 4.69) is 16.6 Å². The van der Waals surface area contributed by atoms with Crippen molar-refractivity contribution >= 4 is 11.6 Å². The van der Waals surface area contributed by atoms with Crippen LogP contribution in [0.2, 0.25) is 5.02 Å². The van der Waals surface area contributed by atoms with Gasteiger partial charge in [0.05, 0.1) is 19.3 Å². The first-order valence-electron chi connectivity index (χ1n) is 7.24. The topological polar surface area (TPSA) is 39.1 Å². The van der Waals surface area contributed by atoms with Gasteiger partial charge in [-0.25, -0.2) is 0 Å². The zero-order valence-corrected chi connectivity index (χ0v) is 13.1. The fraction of sp³-hybridized carbons (Fsp3) is 0.438. The number of hydrogen-bond donors (Lipinski definition) is 1. The van der Waals surface area contributed by atoms with Crippen LogP contribution in [0.25, 0.3) is 0 Å². The van der Waals surface area contributed by atoms with Crippen molar-refractivity contribution < 1.29 is 4.74 Å². The Bertz CT molecular complexity index is 542. The summed E-state index contributed by atoms with van der Waals surface area (Å²) >= 11 is 6.17. The van der Waals surface area contributed by atoms with Crippen LogP contribution in [0.1, 0.15) is 17.5 Å². The number of methoxy groups -OCH3 is 1. The van der Waals surface area contributed by atoms with Crippen molar-refractivity contribution in [3.8, 4) is 0 Å². The summed E-state index contributed by atoms with van der Waals surface area (Å²) in [6.07, 6.45) is 6.16. The first-order valence-corrected chi connectivity index (χ1v) is 7.62. The lowest BCUT2D eigenvalue weighted by Crippen LogP contribution is -2.20. The lowest BCUT2D eigenvalue weighted by molar-refractivity contribution is 0.199. The second kappa shape index (κ2) is 8.82. The quantitative estimate of drug-likeness (QED) is 0.724. The van der Waals surface area contributed by atoms with E-state index in [-0.39, 0.29) is 0 Å². The normalized spacial score (nSPS) is 11.0. The molecule has 0 saturated heterocycles. The molecular formula is C16H22ClN3O. The smallest absolute Gasteiger partial charge is 0.0673 e. The second-order valence-corrected chi connectivity index (χ2v) is 5.39. The van der Waals surface area contributed by atoms with Gasteiger partial charge in [0.25, 0.3) is 0 Å². The Morgan fingerprint density at radius 3 is 2.95 bits per heavy atom. The Hall–Kier alpha value is -1.36. The van der Waals surface area contributed by atoms with Gasteiger partial charge in [0.15, 0.2) is 0 Å². The molecule has 0 aliphatic rings. The van der Waals surface area contributed by atoms with Gasteiger partial charge in [0, 0.05) is 24.9 Å². The molecule has 1 N–H and O–H groups in total. The molecule has 0 radical (unpaired) electrons. The van der Waals surface area contributed by atoms with Gasteiger partial charge in [-0.1, -0.05) is 29.8 Å². The molecule has 1 aromatic carbocycles. The molecular weight excluding hydrogens is 286 g/mol. The van der Waals surface area contributed by atoms with E-state index in [0.717, 1.165) is 43.1 Å². The third-order valence-corrected chi connectivity index (χ3v) is 3.65. The van der Waals surface area contributed by atoms with Gasteiger partial charge in [-0.3, -0.25) is 4.68 Å². The third-order valence-electron chi connectivity index (χ3n) is 3.28. The Morgan fingerprint density at radius 2 is 2.14 bits per heavy atom. The highest BCUT2D eigenvalue weighted by atomic mass is 35.5. The first kappa shape index (κ1) is 16.0. The summed E-state index contributed by atoms with van der Waals surface area (Å²) < 4.78 is 6.93. The van der Waals surface area contributed by atoms with Gasteiger partial charge in [-0.15, -0.1) is 0 Å². The first-order chi connectivity index (χ1) is 10.3. The van der Waals surface area contributed by atoms with Gasteiger partial charge < -0.3 is 10.1 Å². The largest absolute Gasteiger partial charge is 0.383 e. The van der Waals surface area contributed by atoms with Crippen molar-refractivity contribution in [3.63, 3.8) is 0 Å². The van der Waals surface area contributed by atoms with Crippen LogP contribution in [0.5, 0.6) is 0 Å². The average Bonchev–Trinajstić information content (AvgIpc) is 2.93. The summed E-state index contributed by atoms with van der Waals surface area (Å²) in [7, 11) is 1.72. The molecule has 1 aromatic heterocycles. The number of ether oxygens (including phenoxy) is 1. The molecule has 0 aliphatic heterocycles. The highest BCUT2D eigenvalue weighted by Gasteiger charge is 2.03. The van der Waals surface area contributed by atoms with E-state index < -0.39 is 0 Å². The fourth-order valence-electron chi connectivity index (χ4n) is 2.14. The molecule has 114 valence electrons. The lowest BCUT2D eigenvalue weighted by atomic mass is 10.2. The monoisotopic (exact) mass is 307 g/mol. The summed E-state index contributed by atoms with van der Waals surface area (Å²) in [6.45, 7) is 3.38. The number of rotatable bonds is 9. The van der Waals surface area contributed by atoms with Gasteiger partial charge in [0.2, 0.25) is 0 Å². The molecule has 21 heavy (non-hydrogen) atoms. The highest BCUT2D eigenvalue weighted by Crippen LogP contribution is 2.16. The molecule has 4 nitrogen and oxygen atoms in total. The average molecular weight is 308 g/mol. The van der Waals surface area contributed by atoms with E-state index >= 15 is 0 Å². The maximum atomic E-state index is 6.17. The van der Waals surface area contributed by atoms with Crippen molar-refractivity contribution in [1.82, 2.24) is 15.1 Å². The maximum absolute atomic E-state index is 6.17. The number of aromatic nitrogens is 2. The van der Waals surface area contributed by atoms with Crippen LogP contribution in [-0.4, -0.2) is 36.6 Å². The van der Waals surface area contributed by atoms with Gasteiger partial charge in [-0.2, -0.15) is 5.10 Å². The van der Waals surface area contributed by atoms with Crippen LogP contribution >= 0.6 is 11.6 Å². The number of aryl methyl sites for hydroxylation is 1. The van der Waals surface area contributed by atoms with Crippen LogP contribution in [0.15, 0.2) is 36.7 Å². The second-order valence-electron chi connectivity index (χ2n) is 4.98. The minimum atomic E-state index is 0.714. The minimum absolute atomic E-state index is 0.714. The minimum Gasteiger partial charge on any atom is -0.383 e. The molecule has 0 atom stereocenters. The summed E-state index contributed by atoms with van der Waals surface area (Å²) in [5, 5.41) is 8.53. The van der Waals surface area contributed by atoms with Gasteiger partial charge >= 0.3 is 0 Å². The van der Waals surface area contributed by atoms with Crippen LogP contribution in [-0.2, 0) is 17.7 Å². The Kier molecular flexibility index (Phi) is 6.73. The molecule has 0 unspecified atom stereocenters. The number of nitrogens with one attached hydrogen (secondary N) is 1. The molecule has 1 heterocycles. The lowest BCUT2D eigenvalue weighted by Gasteiger charge is -2.04. The third kappa shape index (κ3) is 5.50. The molecule has 5 heteroatoms. The molecule has 0 bridgehead atoms. The molecule has 2 rings (SSSR count). The highest BCUT2D eigenvalue weighted by molar-refractivity contribution is 6.31. The molecule has 0 amide bonds. The summed E-state index contributed by atoms with van der Waals surface area (Å²) in [6, 6.07) is 7.88. The molecule has 0 fully saturated rings. The number of benzene rings is 1. The van der Waals surface area contributed by atoms with Crippen LogP contribution < -0.4 is 5.32 Å². The van der Waals surface area contributed by atoms with E-state index in [1.807, 2.05) is 35.1 Å². The fourth-order valence-corrected chi connectivity index (χ4v) is 2.34. The zero-order chi connectivity index (χ0) is 14.9. The van der Waals surface area contributed by atoms with Crippen LogP contribution in [0.3, 0.4) is 0 Å².